The molecule has 0 saturated heterocycles. The highest BCUT2D eigenvalue weighted by Crippen LogP contribution is 2.29. The van der Waals surface area contributed by atoms with Gasteiger partial charge in [0.05, 0.1) is 12.1 Å². The summed E-state index contributed by atoms with van der Waals surface area (Å²) in [6.45, 7) is 0.573. The van der Waals surface area contributed by atoms with Crippen LogP contribution in [0.2, 0.25) is 0 Å². The lowest BCUT2D eigenvalue weighted by Crippen LogP contribution is -2.46. The van der Waals surface area contributed by atoms with E-state index in [1.807, 2.05) is 0 Å². The molecule has 1 saturated carbocycles. The van der Waals surface area contributed by atoms with Crippen molar-refractivity contribution in [2.45, 2.75) is 31.3 Å². The lowest BCUT2D eigenvalue weighted by atomic mass is 10.0. The molecule has 1 fully saturated rings. The highest BCUT2D eigenvalue weighted by Gasteiger charge is 2.32. The maximum absolute atomic E-state index is 11.4. The number of aliphatic hydroxyl groups is 1. The fourth-order valence-electron chi connectivity index (χ4n) is 2.22. The standard InChI is InChI=1S/C11H21N3O3/c1-12-10(16)13-9(15)7-14(2)8-11(17)5-3-4-6-11/h17H,3-8H2,1-2H3,(H2,12,13,15,16). The predicted octanol–water partition coefficient (Wildman–Crippen LogP) is -0.321. The summed E-state index contributed by atoms with van der Waals surface area (Å²) in [7, 11) is 3.22. The Morgan fingerprint density at radius 1 is 1.35 bits per heavy atom. The van der Waals surface area contributed by atoms with Gasteiger partial charge in [0.2, 0.25) is 5.91 Å². The van der Waals surface area contributed by atoms with Crippen molar-refractivity contribution in [3.05, 3.63) is 0 Å². The van der Waals surface area contributed by atoms with Gasteiger partial charge in [-0.2, -0.15) is 0 Å². The maximum Gasteiger partial charge on any atom is 0.321 e. The van der Waals surface area contributed by atoms with Gasteiger partial charge in [0.15, 0.2) is 0 Å². The second kappa shape index (κ2) is 5.97. The summed E-state index contributed by atoms with van der Waals surface area (Å²) in [5.74, 6) is -0.367. The minimum absolute atomic E-state index is 0.107. The number of carbonyl (C=O) groups excluding carboxylic acids is 2. The molecule has 1 aliphatic carbocycles. The molecule has 0 radical (unpaired) electrons. The van der Waals surface area contributed by atoms with E-state index in [0.717, 1.165) is 25.7 Å². The quantitative estimate of drug-likeness (QED) is 0.632. The summed E-state index contributed by atoms with van der Waals surface area (Å²) >= 11 is 0. The van der Waals surface area contributed by atoms with Crippen LogP contribution in [-0.2, 0) is 4.79 Å². The smallest absolute Gasteiger partial charge is 0.321 e. The van der Waals surface area contributed by atoms with E-state index in [9.17, 15) is 14.7 Å². The van der Waals surface area contributed by atoms with Crippen molar-refractivity contribution in [2.24, 2.45) is 0 Å². The summed E-state index contributed by atoms with van der Waals surface area (Å²) in [5.41, 5.74) is -0.665. The summed E-state index contributed by atoms with van der Waals surface area (Å²) in [6, 6.07) is -0.511. The maximum atomic E-state index is 11.4. The number of nitrogens with one attached hydrogen (secondary N) is 2. The van der Waals surface area contributed by atoms with Gasteiger partial charge in [-0.3, -0.25) is 15.0 Å². The zero-order chi connectivity index (χ0) is 12.9. The van der Waals surface area contributed by atoms with Crippen LogP contribution in [0.25, 0.3) is 0 Å². The van der Waals surface area contributed by atoms with Crippen molar-refractivity contribution in [1.29, 1.82) is 0 Å². The number of hydrogen-bond acceptors (Lipinski definition) is 4. The van der Waals surface area contributed by atoms with Crippen molar-refractivity contribution in [2.75, 3.05) is 27.2 Å². The van der Waals surface area contributed by atoms with Gasteiger partial charge in [0.25, 0.3) is 0 Å². The number of likely N-dealkylation sites (N-methyl/N-ethyl adjacent to an activating group) is 1. The first-order chi connectivity index (χ1) is 7.95. The van der Waals surface area contributed by atoms with Gasteiger partial charge in [-0.1, -0.05) is 12.8 Å². The highest BCUT2D eigenvalue weighted by atomic mass is 16.3. The molecule has 1 rings (SSSR count). The van der Waals surface area contributed by atoms with Crippen molar-refractivity contribution >= 4 is 11.9 Å². The van der Waals surface area contributed by atoms with E-state index in [1.165, 1.54) is 7.05 Å². The molecule has 0 aromatic heterocycles. The van der Waals surface area contributed by atoms with Crippen molar-refractivity contribution in [1.82, 2.24) is 15.5 Å². The normalized spacial score (nSPS) is 18.1. The monoisotopic (exact) mass is 243 g/mol. The van der Waals surface area contributed by atoms with Gasteiger partial charge in [0.1, 0.15) is 0 Å². The third kappa shape index (κ3) is 4.70. The van der Waals surface area contributed by atoms with Crippen LogP contribution < -0.4 is 10.6 Å². The number of imide groups is 1. The van der Waals surface area contributed by atoms with Crippen LogP contribution in [-0.4, -0.2) is 54.7 Å². The Bertz CT molecular complexity index is 288. The molecule has 3 N–H and O–H groups in total. The fourth-order valence-corrected chi connectivity index (χ4v) is 2.22. The molecule has 0 bridgehead atoms. The van der Waals surface area contributed by atoms with Crippen LogP contribution in [0, 0.1) is 0 Å². The lowest BCUT2D eigenvalue weighted by molar-refractivity contribution is -0.121. The summed E-state index contributed by atoms with van der Waals surface area (Å²) in [6.07, 6.45) is 3.65. The van der Waals surface area contributed by atoms with Gasteiger partial charge in [0, 0.05) is 13.6 Å². The Kier molecular flexibility index (Phi) is 4.89. The molecule has 0 heterocycles. The Hall–Kier alpha value is -1.14. The van der Waals surface area contributed by atoms with E-state index in [4.69, 9.17) is 0 Å². The largest absolute Gasteiger partial charge is 0.389 e. The van der Waals surface area contributed by atoms with Gasteiger partial charge in [-0.25, -0.2) is 4.79 Å². The minimum atomic E-state index is -0.665. The number of urea groups is 1. The number of nitrogens with zero attached hydrogens (tertiary/aromatic N) is 1. The van der Waals surface area contributed by atoms with E-state index in [1.54, 1.807) is 11.9 Å². The van der Waals surface area contributed by atoms with Crippen molar-refractivity contribution < 1.29 is 14.7 Å². The zero-order valence-electron chi connectivity index (χ0n) is 10.5. The van der Waals surface area contributed by atoms with Crippen LogP contribution in [0.3, 0.4) is 0 Å². The average Bonchev–Trinajstić information content (AvgIpc) is 2.63. The summed E-state index contributed by atoms with van der Waals surface area (Å²) < 4.78 is 0. The second-order valence-corrected chi connectivity index (χ2v) is 4.73. The predicted molar refractivity (Wildman–Crippen MR) is 63.5 cm³/mol. The Morgan fingerprint density at radius 2 is 1.94 bits per heavy atom. The topological polar surface area (TPSA) is 81.7 Å². The van der Waals surface area contributed by atoms with E-state index in [-0.39, 0.29) is 12.5 Å². The molecule has 6 nitrogen and oxygen atoms in total. The first-order valence-corrected chi connectivity index (χ1v) is 5.88. The van der Waals surface area contributed by atoms with Crippen molar-refractivity contribution in [3.63, 3.8) is 0 Å². The van der Waals surface area contributed by atoms with E-state index >= 15 is 0 Å². The Morgan fingerprint density at radius 3 is 2.47 bits per heavy atom. The molecule has 0 spiro atoms. The molecule has 0 unspecified atom stereocenters. The van der Waals surface area contributed by atoms with Crippen LogP contribution >= 0.6 is 0 Å². The first-order valence-electron chi connectivity index (χ1n) is 5.88. The number of rotatable bonds is 4. The van der Waals surface area contributed by atoms with Crippen LogP contribution in [0.1, 0.15) is 25.7 Å². The third-order valence-electron chi connectivity index (χ3n) is 2.99. The molecule has 0 aromatic rings. The third-order valence-corrected chi connectivity index (χ3v) is 2.99. The molecule has 17 heavy (non-hydrogen) atoms. The molecule has 0 atom stereocenters. The summed E-state index contributed by atoms with van der Waals surface area (Å²) in [5, 5.41) is 14.6. The number of amides is 3. The minimum Gasteiger partial charge on any atom is -0.389 e. The molecule has 3 amide bonds. The molecular weight excluding hydrogens is 222 g/mol. The average molecular weight is 243 g/mol. The second-order valence-electron chi connectivity index (χ2n) is 4.73. The molecule has 1 aliphatic rings. The SMILES string of the molecule is CNC(=O)NC(=O)CN(C)CC1(O)CCCC1. The van der Waals surface area contributed by atoms with Crippen LogP contribution in [0.15, 0.2) is 0 Å². The van der Waals surface area contributed by atoms with Crippen LogP contribution in [0.5, 0.6) is 0 Å². The zero-order valence-corrected chi connectivity index (χ0v) is 10.5. The molecule has 6 heteroatoms. The molecule has 0 aliphatic heterocycles. The number of carbonyl (C=O) groups is 2. The fraction of sp³-hybridized carbons (Fsp3) is 0.818. The van der Waals surface area contributed by atoms with Gasteiger partial charge in [-0.05, 0) is 19.9 Å². The lowest BCUT2D eigenvalue weighted by Gasteiger charge is -2.27. The van der Waals surface area contributed by atoms with Crippen LogP contribution in [0.4, 0.5) is 4.79 Å². The van der Waals surface area contributed by atoms with E-state index < -0.39 is 11.6 Å². The Labute approximate surface area is 101 Å². The van der Waals surface area contributed by atoms with Gasteiger partial charge < -0.3 is 10.4 Å². The van der Waals surface area contributed by atoms with E-state index in [0.29, 0.717) is 6.54 Å². The Balaban J connectivity index is 2.31. The van der Waals surface area contributed by atoms with E-state index in [2.05, 4.69) is 10.6 Å². The molecule has 0 aromatic carbocycles. The summed E-state index contributed by atoms with van der Waals surface area (Å²) in [4.78, 5) is 24.0. The molecular formula is C11H21N3O3. The molecule has 98 valence electrons. The van der Waals surface area contributed by atoms with Gasteiger partial charge >= 0.3 is 6.03 Å². The highest BCUT2D eigenvalue weighted by molar-refractivity contribution is 5.95. The number of hydrogen-bond donors (Lipinski definition) is 3. The van der Waals surface area contributed by atoms with Gasteiger partial charge in [-0.15, -0.1) is 0 Å². The van der Waals surface area contributed by atoms with Crippen molar-refractivity contribution in [3.8, 4) is 0 Å². The first kappa shape index (κ1) is 13.9.